The van der Waals surface area contributed by atoms with Gasteiger partial charge in [0.25, 0.3) is 0 Å². The van der Waals surface area contributed by atoms with Gasteiger partial charge in [-0.2, -0.15) is 0 Å². The van der Waals surface area contributed by atoms with Crippen molar-refractivity contribution in [3.8, 4) is 5.75 Å². The third-order valence-electron chi connectivity index (χ3n) is 1.63. The molecule has 0 spiro atoms. The molecule has 0 saturated heterocycles. The van der Waals surface area contributed by atoms with E-state index in [0.29, 0.717) is 5.75 Å². The van der Waals surface area contributed by atoms with Crippen LogP contribution in [-0.2, 0) is 10.8 Å². The molecule has 0 radical (unpaired) electrons. The molecule has 3 heteroatoms. The SMILES string of the molecule is COc1cc(C)ccc1S(C)=O. The Balaban J connectivity index is 3.20. The van der Waals surface area contributed by atoms with E-state index in [1.807, 2.05) is 25.1 Å². The molecule has 66 valence electrons. The molecule has 1 aromatic rings. The molecular weight excluding hydrogens is 172 g/mol. The summed E-state index contributed by atoms with van der Waals surface area (Å²) in [6.07, 6.45) is 1.65. The lowest BCUT2D eigenvalue weighted by Gasteiger charge is -2.05. The predicted octanol–water partition coefficient (Wildman–Crippen LogP) is 1.74. The summed E-state index contributed by atoms with van der Waals surface area (Å²) in [5, 5.41) is 0. The highest BCUT2D eigenvalue weighted by molar-refractivity contribution is 7.84. The molecule has 0 bridgehead atoms. The minimum atomic E-state index is -0.974. The molecule has 0 saturated carbocycles. The highest BCUT2D eigenvalue weighted by atomic mass is 32.2. The van der Waals surface area contributed by atoms with E-state index in [1.54, 1.807) is 13.4 Å². The van der Waals surface area contributed by atoms with Crippen molar-refractivity contribution in [1.82, 2.24) is 0 Å². The summed E-state index contributed by atoms with van der Waals surface area (Å²) in [6.45, 7) is 1.98. The lowest BCUT2D eigenvalue weighted by molar-refractivity contribution is 0.404. The van der Waals surface area contributed by atoms with Crippen molar-refractivity contribution in [3.63, 3.8) is 0 Å². The second-order valence-electron chi connectivity index (χ2n) is 2.61. The second kappa shape index (κ2) is 3.72. The molecule has 0 amide bonds. The lowest BCUT2D eigenvalue weighted by atomic mass is 10.2. The maximum atomic E-state index is 11.2. The fourth-order valence-corrected chi connectivity index (χ4v) is 1.70. The van der Waals surface area contributed by atoms with E-state index in [-0.39, 0.29) is 0 Å². The van der Waals surface area contributed by atoms with Crippen LogP contribution in [0.1, 0.15) is 5.56 Å². The number of methoxy groups -OCH3 is 1. The number of ether oxygens (including phenoxy) is 1. The summed E-state index contributed by atoms with van der Waals surface area (Å²) in [6, 6.07) is 5.65. The molecule has 0 N–H and O–H groups in total. The van der Waals surface area contributed by atoms with Gasteiger partial charge >= 0.3 is 0 Å². The first-order valence-electron chi connectivity index (χ1n) is 3.63. The summed E-state index contributed by atoms with van der Waals surface area (Å²) in [5.41, 5.74) is 1.11. The lowest BCUT2D eigenvalue weighted by Crippen LogP contribution is -1.93. The largest absolute Gasteiger partial charge is 0.495 e. The fourth-order valence-electron chi connectivity index (χ4n) is 1.01. The predicted molar refractivity (Wildman–Crippen MR) is 50.1 cm³/mol. The Morgan fingerprint density at radius 2 is 2.08 bits per heavy atom. The normalized spacial score (nSPS) is 12.6. The van der Waals surface area contributed by atoms with Crippen molar-refractivity contribution >= 4 is 10.8 Å². The fraction of sp³-hybridized carbons (Fsp3) is 0.333. The van der Waals surface area contributed by atoms with Gasteiger partial charge in [-0.3, -0.25) is 4.21 Å². The number of rotatable bonds is 2. The molecule has 1 rings (SSSR count). The molecule has 0 heterocycles. The van der Waals surface area contributed by atoms with Crippen LogP contribution >= 0.6 is 0 Å². The summed E-state index contributed by atoms with van der Waals surface area (Å²) in [7, 11) is 0.615. The smallest absolute Gasteiger partial charge is 0.135 e. The summed E-state index contributed by atoms with van der Waals surface area (Å²) < 4.78 is 16.3. The van der Waals surface area contributed by atoms with Gasteiger partial charge in [0, 0.05) is 6.26 Å². The molecular formula is C9H12O2S. The minimum absolute atomic E-state index is 0.704. The Kier molecular flexibility index (Phi) is 2.87. The third kappa shape index (κ3) is 1.85. The van der Waals surface area contributed by atoms with Crippen molar-refractivity contribution in [2.75, 3.05) is 13.4 Å². The number of hydrogen-bond donors (Lipinski definition) is 0. The van der Waals surface area contributed by atoms with Gasteiger partial charge in [-0.25, -0.2) is 0 Å². The highest BCUT2D eigenvalue weighted by Crippen LogP contribution is 2.22. The van der Waals surface area contributed by atoms with Crippen LogP contribution in [0, 0.1) is 6.92 Å². The van der Waals surface area contributed by atoms with E-state index >= 15 is 0 Å². The standard InChI is InChI=1S/C9H12O2S/c1-7-4-5-9(12(3)10)8(6-7)11-2/h4-6H,1-3H3. The van der Waals surface area contributed by atoms with Crippen molar-refractivity contribution in [2.45, 2.75) is 11.8 Å². The first-order valence-corrected chi connectivity index (χ1v) is 5.19. The Labute approximate surface area is 75.0 Å². The van der Waals surface area contributed by atoms with Crippen molar-refractivity contribution in [1.29, 1.82) is 0 Å². The van der Waals surface area contributed by atoms with Gasteiger partial charge < -0.3 is 4.74 Å². The van der Waals surface area contributed by atoms with Crippen LogP contribution in [0.4, 0.5) is 0 Å². The van der Waals surface area contributed by atoms with Gasteiger partial charge in [0.05, 0.1) is 22.8 Å². The van der Waals surface area contributed by atoms with Crippen molar-refractivity contribution < 1.29 is 8.95 Å². The number of benzene rings is 1. The van der Waals surface area contributed by atoms with Crippen LogP contribution in [0.3, 0.4) is 0 Å². The molecule has 0 aliphatic rings. The maximum Gasteiger partial charge on any atom is 0.135 e. The molecule has 0 aliphatic carbocycles. The Bertz CT molecular complexity index is 307. The molecule has 1 aromatic carbocycles. The molecule has 2 nitrogen and oxygen atoms in total. The third-order valence-corrected chi connectivity index (χ3v) is 2.59. The second-order valence-corrected chi connectivity index (χ2v) is 3.96. The average Bonchev–Trinajstić information content (AvgIpc) is 2.03. The van der Waals surface area contributed by atoms with Crippen LogP contribution in [-0.4, -0.2) is 17.6 Å². The Morgan fingerprint density at radius 3 is 2.58 bits per heavy atom. The molecule has 12 heavy (non-hydrogen) atoms. The average molecular weight is 184 g/mol. The molecule has 0 aromatic heterocycles. The zero-order valence-corrected chi connectivity index (χ0v) is 8.27. The van der Waals surface area contributed by atoms with E-state index in [0.717, 1.165) is 10.5 Å². The number of hydrogen-bond acceptors (Lipinski definition) is 2. The first-order chi connectivity index (χ1) is 5.65. The quantitative estimate of drug-likeness (QED) is 0.700. The molecule has 0 aliphatic heterocycles. The van der Waals surface area contributed by atoms with Gasteiger partial charge in [-0.1, -0.05) is 6.07 Å². The van der Waals surface area contributed by atoms with Gasteiger partial charge in [-0.05, 0) is 24.6 Å². The summed E-state index contributed by atoms with van der Waals surface area (Å²) >= 11 is 0. The zero-order valence-electron chi connectivity index (χ0n) is 7.46. The molecule has 1 atom stereocenters. The van der Waals surface area contributed by atoms with Gasteiger partial charge in [0.15, 0.2) is 0 Å². The number of aryl methyl sites for hydroxylation is 1. The zero-order chi connectivity index (χ0) is 9.14. The summed E-state index contributed by atoms with van der Waals surface area (Å²) in [4.78, 5) is 0.753. The maximum absolute atomic E-state index is 11.2. The highest BCUT2D eigenvalue weighted by Gasteiger charge is 2.05. The van der Waals surface area contributed by atoms with Crippen LogP contribution in [0.5, 0.6) is 5.75 Å². The van der Waals surface area contributed by atoms with E-state index in [2.05, 4.69) is 0 Å². The molecule has 1 unspecified atom stereocenters. The Morgan fingerprint density at radius 1 is 1.42 bits per heavy atom. The van der Waals surface area contributed by atoms with Gasteiger partial charge in [0.1, 0.15) is 5.75 Å². The van der Waals surface area contributed by atoms with Crippen molar-refractivity contribution in [2.24, 2.45) is 0 Å². The van der Waals surface area contributed by atoms with E-state index < -0.39 is 10.8 Å². The van der Waals surface area contributed by atoms with Crippen LogP contribution < -0.4 is 4.74 Å². The van der Waals surface area contributed by atoms with Crippen LogP contribution in [0.15, 0.2) is 23.1 Å². The molecule has 0 fully saturated rings. The van der Waals surface area contributed by atoms with Crippen LogP contribution in [0.2, 0.25) is 0 Å². The summed E-state index contributed by atoms with van der Waals surface area (Å²) in [5.74, 6) is 0.704. The van der Waals surface area contributed by atoms with E-state index in [9.17, 15) is 4.21 Å². The van der Waals surface area contributed by atoms with Crippen LogP contribution in [0.25, 0.3) is 0 Å². The van der Waals surface area contributed by atoms with E-state index in [1.165, 1.54) is 0 Å². The Hall–Kier alpha value is -0.830. The van der Waals surface area contributed by atoms with Gasteiger partial charge in [-0.15, -0.1) is 0 Å². The topological polar surface area (TPSA) is 26.3 Å². The minimum Gasteiger partial charge on any atom is -0.495 e. The monoisotopic (exact) mass is 184 g/mol. The first kappa shape index (κ1) is 9.26. The van der Waals surface area contributed by atoms with E-state index in [4.69, 9.17) is 4.74 Å². The van der Waals surface area contributed by atoms with Crippen molar-refractivity contribution in [3.05, 3.63) is 23.8 Å². The van der Waals surface area contributed by atoms with Gasteiger partial charge in [0.2, 0.25) is 0 Å².